The van der Waals surface area contributed by atoms with E-state index in [9.17, 15) is 8.42 Å². The Morgan fingerprint density at radius 3 is 2.70 bits per heavy atom. The van der Waals surface area contributed by atoms with E-state index in [4.69, 9.17) is 0 Å². The maximum absolute atomic E-state index is 11.9. The second kappa shape index (κ2) is 4.56. The first-order valence-electron chi connectivity index (χ1n) is 6.75. The number of nitrogens with one attached hydrogen (secondary N) is 1. The summed E-state index contributed by atoms with van der Waals surface area (Å²) in [5.74, 6) is 1.81. The number of aryl methyl sites for hydroxylation is 1. The molecule has 1 aliphatic rings. The molecule has 108 valence electrons. The number of para-hydroxylation sites is 1. The molecule has 0 spiro atoms. The minimum atomic E-state index is -3.26. The predicted molar refractivity (Wildman–Crippen MR) is 78.6 cm³/mol. The first-order chi connectivity index (χ1) is 9.39. The fourth-order valence-electron chi connectivity index (χ4n) is 2.99. The standard InChI is InChI=1S/C14H19N3O2S/c1-9-7-15-8-10(9)14-16-13-11(17(14)2)5-4-6-12(13)20(3,18)19/h4-6,9-10,15H,7-8H2,1-3H3. The van der Waals surface area contributed by atoms with E-state index in [0.717, 1.165) is 24.4 Å². The van der Waals surface area contributed by atoms with Crippen LogP contribution in [0.1, 0.15) is 18.7 Å². The maximum Gasteiger partial charge on any atom is 0.177 e. The van der Waals surface area contributed by atoms with Crippen LogP contribution < -0.4 is 5.32 Å². The summed E-state index contributed by atoms with van der Waals surface area (Å²) >= 11 is 0. The summed E-state index contributed by atoms with van der Waals surface area (Å²) in [5.41, 5.74) is 1.47. The Morgan fingerprint density at radius 1 is 1.35 bits per heavy atom. The minimum absolute atomic E-state index is 0.315. The Bertz CT molecular complexity index is 764. The van der Waals surface area contributed by atoms with Crippen molar-refractivity contribution >= 4 is 20.9 Å². The Labute approximate surface area is 118 Å². The lowest BCUT2D eigenvalue weighted by Crippen LogP contribution is -2.13. The lowest BCUT2D eigenvalue weighted by molar-refractivity contribution is 0.533. The van der Waals surface area contributed by atoms with Crippen molar-refractivity contribution in [2.24, 2.45) is 13.0 Å². The van der Waals surface area contributed by atoms with Gasteiger partial charge in [0.1, 0.15) is 11.3 Å². The van der Waals surface area contributed by atoms with E-state index in [1.165, 1.54) is 6.26 Å². The maximum atomic E-state index is 11.9. The molecule has 1 N–H and O–H groups in total. The van der Waals surface area contributed by atoms with Gasteiger partial charge in [-0.05, 0) is 24.6 Å². The Morgan fingerprint density at radius 2 is 2.10 bits per heavy atom. The summed E-state index contributed by atoms with van der Waals surface area (Å²) in [5, 5.41) is 3.37. The van der Waals surface area contributed by atoms with E-state index < -0.39 is 9.84 Å². The van der Waals surface area contributed by atoms with Gasteiger partial charge in [-0.25, -0.2) is 13.4 Å². The Balaban J connectivity index is 2.24. The van der Waals surface area contributed by atoms with E-state index in [1.807, 2.05) is 17.7 Å². The number of hydrogen-bond acceptors (Lipinski definition) is 4. The number of hydrogen-bond donors (Lipinski definition) is 1. The first kappa shape index (κ1) is 13.6. The molecule has 1 aromatic carbocycles. The lowest BCUT2D eigenvalue weighted by atomic mass is 9.97. The third-order valence-electron chi connectivity index (χ3n) is 4.16. The summed E-state index contributed by atoms with van der Waals surface area (Å²) < 4.78 is 25.8. The highest BCUT2D eigenvalue weighted by molar-refractivity contribution is 7.91. The van der Waals surface area contributed by atoms with E-state index >= 15 is 0 Å². The minimum Gasteiger partial charge on any atom is -0.331 e. The fraction of sp³-hybridized carbons (Fsp3) is 0.500. The molecular weight excluding hydrogens is 274 g/mol. The summed E-state index contributed by atoms with van der Waals surface area (Å²) in [6.45, 7) is 4.07. The van der Waals surface area contributed by atoms with Crippen LogP contribution in [0.3, 0.4) is 0 Å². The van der Waals surface area contributed by atoms with Gasteiger partial charge in [0.15, 0.2) is 9.84 Å². The summed E-state index contributed by atoms with van der Waals surface area (Å²) in [4.78, 5) is 4.97. The van der Waals surface area contributed by atoms with Gasteiger partial charge in [-0.15, -0.1) is 0 Å². The van der Waals surface area contributed by atoms with Gasteiger partial charge in [-0.2, -0.15) is 0 Å². The molecule has 0 saturated carbocycles. The second-order valence-electron chi connectivity index (χ2n) is 5.67. The number of imidazole rings is 1. The van der Waals surface area contributed by atoms with Gasteiger partial charge in [-0.1, -0.05) is 13.0 Å². The van der Waals surface area contributed by atoms with Crippen LogP contribution in [0.15, 0.2) is 23.1 Å². The van der Waals surface area contributed by atoms with Crippen LogP contribution in [0.2, 0.25) is 0 Å². The van der Waals surface area contributed by atoms with E-state index in [0.29, 0.717) is 22.2 Å². The SMILES string of the molecule is CC1CNCC1c1nc2c(S(C)(=O)=O)cccc2n1C. The molecule has 1 aliphatic heterocycles. The quantitative estimate of drug-likeness (QED) is 0.906. The lowest BCUT2D eigenvalue weighted by Gasteiger charge is -2.13. The van der Waals surface area contributed by atoms with Crippen molar-refractivity contribution < 1.29 is 8.42 Å². The second-order valence-corrected chi connectivity index (χ2v) is 7.65. The van der Waals surface area contributed by atoms with Crippen LogP contribution in [0.25, 0.3) is 11.0 Å². The average molecular weight is 293 g/mol. The molecule has 6 heteroatoms. The third kappa shape index (κ3) is 2.03. The summed E-state index contributed by atoms with van der Waals surface area (Å²) in [6, 6.07) is 5.33. The number of aromatic nitrogens is 2. The fourth-order valence-corrected chi connectivity index (χ4v) is 3.82. The topological polar surface area (TPSA) is 64.0 Å². The normalized spacial score (nSPS) is 23.6. The number of sulfone groups is 1. The smallest absolute Gasteiger partial charge is 0.177 e. The Hall–Kier alpha value is -1.40. The summed E-state index contributed by atoms with van der Waals surface area (Å²) in [7, 11) is -1.30. The molecule has 2 aromatic rings. The van der Waals surface area contributed by atoms with Crippen LogP contribution in [0, 0.1) is 5.92 Å². The molecule has 3 rings (SSSR count). The molecule has 5 nitrogen and oxygen atoms in total. The highest BCUT2D eigenvalue weighted by Gasteiger charge is 2.29. The first-order valence-corrected chi connectivity index (χ1v) is 8.65. The highest BCUT2D eigenvalue weighted by atomic mass is 32.2. The van der Waals surface area contributed by atoms with Gasteiger partial charge in [0.05, 0.1) is 10.4 Å². The van der Waals surface area contributed by atoms with Gasteiger partial charge < -0.3 is 9.88 Å². The van der Waals surface area contributed by atoms with Gasteiger partial charge in [0.25, 0.3) is 0 Å². The van der Waals surface area contributed by atoms with Crippen molar-refractivity contribution in [3.63, 3.8) is 0 Å². The highest BCUT2D eigenvalue weighted by Crippen LogP contribution is 2.31. The van der Waals surface area contributed by atoms with E-state index in [1.54, 1.807) is 12.1 Å². The zero-order chi connectivity index (χ0) is 14.5. The van der Waals surface area contributed by atoms with Crippen molar-refractivity contribution in [3.05, 3.63) is 24.0 Å². The zero-order valence-electron chi connectivity index (χ0n) is 11.9. The number of fused-ring (bicyclic) bond motifs is 1. The molecule has 2 heterocycles. The van der Waals surface area contributed by atoms with Crippen molar-refractivity contribution in [1.82, 2.24) is 14.9 Å². The van der Waals surface area contributed by atoms with Gasteiger partial charge in [0.2, 0.25) is 0 Å². The molecule has 1 aromatic heterocycles. The molecule has 1 fully saturated rings. The molecule has 0 radical (unpaired) electrons. The van der Waals surface area contributed by atoms with Crippen LogP contribution in [-0.2, 0) is 16.9 Å². The van der Waals surface area contributed by atoms with Crippen molar-refractivity contribution in [2.75, 3.05) is 19.3 Å². The Kier molecular flexibility index (Phi) is 3.10. The molecule has 1 saturated heterocycles. The van der Waals surface area contributed by atoms with E-state index in [-0.39, 0.29) is 0 Å². The molecule has 2 unspecified atom stereocenters. The largest absolute Gasteiger partial charge is 0.331 e. The van der Waals surface area contributed by atoms with Crippen LogP contribution in [0.5, 0.6) is 0 Å². The van der Waals surface area contributed by atoms with Crippen LogP contribution in [0.4, 0.5) is 0 Å². The van der Waals surface area contributed by atoms with Crippen molar-refractivity contribution in [3.8, 4) is 0 Å². The molecule has 20 heavy (non-hydrogen) atoms. The number of nitrogens with zero attached hydrogens (tertiary/aromatic N) is 2. The predicted octanol–water partition coefficient (Wildman–Crippen LogP) is 1.30. The zero-order valence-corrected chi connectivity index (χ0v) is 12.7. The van der Waals surface area contributed by atoms with Crippen LogP contribution >= 0.6 is 0 Å². The molecular formula is C14H19N3O2S. The molecule has 0 bridgehead atoms. The van der Waals surface area contributed by atoms with E-state index in [2.05, 4.69) is 17.2 Å². The summed E-state index contributed by atoms with van der Waals surface area (Å²) in [6.07, 6.45) is 1.23. The molecule has 0 aliphatic carbocycles. The average Bonchev–Trinajstić information content (AvgIpc) is 2.92. The van der Waals surface area contributed by atoms with Crippen molar-refractivity contribution in [1.29, 1.82) is 0 Å². The van der Waals surface area contributed by atoms with Crippen LogP contribution in [-0.4, -0.2) is 37.3 Å². The molecule has 0 amide bonds. The third-order valence-corrected chi connectivity index (χ3v) is 5.29. The van der Waals surface area contributed by atoms with Gasteiger partial charge in [-0.3, -0.25) is 0 Å². The van der Waals surface area contributed by atoms with Gasteiger partial charge in [0, 0.05) is 25.8 Å². The van der Waals surface area contributed by atoms with Gasteiger partial charge >= 0.3 is 0 Å². The number of benzene rings is 1. The van der Waals surface area contributed by atoms with Crippen molar-refractivity contribution in [2.45, 2.75) is 17.7 Å². The monoisotopic (exact) mass is 293 g/mol. The number of rotatable bonds is 2. The molecule has 2 atom stereocenters.